The number of benzene rings is 3. The van der Waals surface area contributed by atoms with Gasteiger partial charge in [-0.25, -0.2) is 4.68 Å². The summed E-state index contributed by atoms with van der Waals surface area (Å²) in [6.07, 6.45) is 5.03. The minimum atomic E-state index is -0.198. The molecular weight excluding hydrogens is 426 g/mol. The Balaban J connectivity index is 1.16. The Hall–Kier alpha value is -4.10. The van der Waals surface area contributed by atoms with Crippen molar-refractivity contribution in [1.29, 1.82) is 0 Å². The standard InChI is InChI=1S/C27H27N5O2/c33-26-14-18-31(19-15-26)24-10-2-20(3-11-24)27(34)30-23-6-4-21(5-7-23)29-22-8-12-25(13-9-22)32-17-1-16-28-32/h1-13,16-17,26,29,33H,14-15,18-19H2,(H,30,34). The molecule has 7 nitrogen and oxygen atoms in total. The average Bonchev–Trinajstić information content (AvgIpc) is 3.41. The molecule has 1 aliphatic heterocycles. The van der Waals surface area contributed by atoms with Crippen LogP contribution in [0.2, 0.25) is 0 Å². The molecular formula is C27H27N5O2. The lowest BCUT2D eigenvalue weighted by molar-refractivity contribution is 0.102. The van der Waals surface area contributed by atoms with Gasteiger partial charge < -0.3 is 20.6 Å². The predicted molar refractivity (Wildman–Crippen MR) is 135 cm³/mol. The van der Waals surface area contributed by atoms with Crippen molar-refractivity contribution in [2.75, 3.05) is 28.6 Å². The zero-order chi connectivity index (χ0) is 23.3. The number of carbonyl (C=O) groups is 1. The Morgan fingerprint density at radius 3 is 2.03 bits per heavy atom. The summed E-state index contributed by atoms with van der Waals surface area (Å²) in [5, 5.41) is 20.2. The van der Waals surface area contributed by atoms with Crippen LogP contribution in [-0.2, 0) is 0 Å². The highest BCUT2D eigenvalue weighted by Crippen LogP contribution is 2.23. The van der Waals surface area contributed by atoms with Gasteiger partial charge >= 0.3 is 0 Å². The van der Waals surface area contributed by atoms with Gasteiger partial charge in [-0.15, -0.1) is 0 Å². The lowest BCUT2D eigenvalue weighted by Gasteiger charge is -2.31. The third-order valence-corrected chi connectivity index (χ3v) is 6.03. The van der Waals surface area contributed by atoms with E-state index in [2.05, 4.69) is 20.6 Å². The number of hydrogen-bond acceptors (Lipinski definition) is 5. The minimum absolute atomic E-state index is 0.143. The lowest BCUT2D eigenvalue weighted by Crippen LogP contribution is -2.35. The molecule has 1 saturated heterocycles. The molecule has 1 amide bonds. The number of nitrogens with one attached hydrogen (secondary N) is 2. The second-order valence-electron chi connectivity index (χ2n) is 8.42. The van der Waals surface area contributed by atoms with Crippen LogP contribution in [-0.4, -0.2) is 40.0 Å². The van der Waals surface area contributed by atoms with Gasteiger partial charge in [0.25, 0.3) is 5.91 Å². The van der Waals surface area contributed by atoms with E-state index in [4.69, 9.17) is 0 Å². The van der Waals surface area contributed by atoms with E-state index in [1.807, 2.05) is 89.7 Å². The average molecular weight is 454 g/mol. The van der Waals surface area contributed by atoms with Gasteiger partial charge in [-0.3, -0.25) is 4.79 Å². The van der Waals surface area contributed by atoms with Gasteiger partial charge in [-0.1, -0.05) is 0 Å². The molecule has 0 atom stereocenters. The van der Waals surface area contributed by atoms with Crippen molar-refractivity contribution in [2.45, 2.75) is 18.9 Å². The molecule has 5 rings (SSSR count). The van der Waals surface area contributed by atoms with E-state index in [1.54, 1.807) is 6.20 Å². The van der Waals surface area contributed by atoms with Gasteiger partial charge in [0.1, 0.15) is 0 Å². The highest BCUT2D eigenvalue weighted by atomic mass is 16.3. The van der Waals surface area contributed by atoms with E-state index < -0.39 is 0 Å². The fourth-order valence-electron chi connectivity index (χ4n) is 4.07. The number of hydrogen-bond donors (Lipinski definition) is 3. The molecule has 0 spiro atoms. The highest BCUT2D eigenvalue weighted by Gasteiger charge is 2.17. The topological polar surface area (TPSA) is 82.4 Å². The Labute approximate surface area is 198 Å². The molecule has 7 heteroatoms. The van der Waals surface area contributed by atoms with Crippen molar-refractivity contribution in [1.82, 2.24) is 9.78 Å². The van der Waals surface area contributed by atoms with E-state index >= 15 is 0 Å². The summed E-state index contributed by atoms with van der Waals surface area (Å²) in [6, 6.07) is 25.2. The number of rotatable bonds is 6. The molecule has 1 aliphatic rings. The molecule has 0 saturated carbocycles. The molecule has 3 N–H and O–H groups in total. The SMILES string of the molecule is O=C(Nc1ccc(Nc2ccc(-n3cccn3)cc2)cc1)c1ccc(N2CCC(O)CC2)cc1. The first-order valence-electron chi connectivity index (χ1n) is 11.5. The van der Waals surface area contributed by atoms with E-state index in [-0.39, 0.29) is 12.0 Å². The van der Waals surface area contributed by atoms with E-state index in [9.17, 15) is 9.90 Å². The van der Waals surface area contributed by atoms with Crippen LogP contribution in [0.4, 0.5) is 22.7 Å². The summed E-state index contributed by atoms with van der Waals surface area (Å²) >= 11 is 0. The number of nitrogens with zero attached hydrogens (tertiary/aromatic N) is 3. The fraction of sp³-hybridized carbons (Fsp3) is 0.185. The minimum Gasteiger partial charge on any atom is -0.393 e. The predicted octanol–water partition coefficient (Wildman–Crippen LogP) is 4.83. The molecule has 0 unspecified atom stereocenters. The third kappa shape index (κ3) is 5.10. The monoisotopic (exact) mass is 453 g/mol. The Morgan fingerprint density at radius 1 is 0.824 bits per heavy atom. The first kappa shape index (κ1) is 21.7. The molecule has 0 aliphatic carbocycles. The van der Waals surface area contributed by atoms with Crippen molar-refractivity contribution in [3.63, 3.8) is 0 Å². The molecule has 0 radical (unpaired) electrons. The smallest absolute Gasteiger partial charge is 0.255 e. The maximum Gasteiger partial charge on any atom is 0.255 e. The number of carbonyl (C=O) groups excluding carboxylic acids is 1. The summed E-state index contributed by atoms with van der Waals surface area (Å²) in [4.78, 5) is 14.9. The van der Waals surface area contributed by atoms with Crippen molar-refractivity contribution in [3.05, 3.63) is 96.8 Å². The quantitative estimate of drug-likeness (QED) is 0.390. The van der Waals surface area contributed by atoms with Gasteiger partial charge in [0.2, 0.25) is 0 Å². The Bertz CT molecular complexity index is 1210. The van der Waals surface area contributed by atoms with Gasteiger partial charge in [0, 0.05) is 53.8 Å². The number of anilines is 4. The molecule has 4 aromatic rings. The van der Waals surface area contributed by atoms with Crippen LogP contribution in [0, 0.1) is 0 Å². The first-order chi connectivity index (χ1) is 16.6. The molecule has 34 heavy (non-hydrogen) atoms. The lowest BCUT2D eigenvalue weighted by atomic mass is 10.1. The number of aliphatic hydroxyl groups is 1. The van der Waals surface area contributed by atoms with Gasteiger partial charge in [0.05, 0.1) is 11.8 Å². The molecule has 1 aromatic heterocycles. The first-order valence-corrected chi connectivity index (χ1v) is 11.5. The number of amides is 1. The molecule has 3 aromatic carbocycles. The van der Waals surface area contributed by atoms with Crippen LogP contribution < -0.4 is 15.5 Å². The summed E-state index contributed by atoms with van der Waals surface area (Å²) in [5.74, 6) is -0.143. The number of aliphatic hydroxyl groups excluding tert-OH is 1. The van der Waals surface area contributed by atoms with Gasteiger partial charge in [-0.2, -0.15) is 5.10 Å². The molecule has 1 fully saturated rings. The largest absolute Gasteiger partial charge is 0.393 e. The summed E-state index contributed by atoms with van der Waals surface area (Å²) < 4.78 is 1.81. The van der Waals surface area contributed by atoms with Gasteiger partial charge in [0.15, 0.2) is 0 Å². The maximum absolute atomic E-state index is 12.7. The van der Waals surface area contributed by atoms with Crippen molar-refractivity contribution in [2.24, 2.45) is 0 Å². The third-order valence-electron chi connectivity index (χ3n) is 6.03. The highest BCUT2D eigenvalue weighted by molar-refractivity contribution is 6.04. The van der Waals surface area contributed by atoms with Crippen molar-refractivity contribution < 1.29 is 9.90 Å². The van der Waals surface area contributed by atoms with Crippen LogP contribution >= 0.6 is 0 Å². The second-order valence-corrected chi connectivity index (χ2v) is 8.42. The molecule has 2 heterocycles. The molecule has 0 bridgehead atoms. The summed E-state index contributed by atoms with van der Waals surface area (Å²) in [6.45, 7) is 1.67. The Kier molecular flexibility index (Phi) is 6.27. The number of piperidine rings is 1. The zero-order valence-electron chi connectivity index (χ0n) is 18.8. The van der Waals surface area contributed by atoms with Crippen molar-refractivity contribution in [3.8, 4) is 5.69 Å². The van der Waals surface area contributed by atoms with Crippen molar-refractivity contribution >= 4 is 28.7 Å². The fourth-order valence-corrected chi connectivity index (χ4v) is 4.07. The summed E-state index contributed by atoms with van der Waals surface area (Å²) in [5.41, 5.74) is 5.32. The summed E-state index contributed by atoms with van der Waals surface area (Å²) in [7, 11) is 0. The maximum atomic E-state index is 12.7. The van der Waals surface area contributed by atoms with Crippen LogP contribution in [0.3, 0.4) is 0 Å². The Morgan fingerprint density at radius 2 is 1.41 bits per heavy atom. The van der Waals surface area contributed by atoms with Crippen LogP contribution in [0.5, 0.6) is 0 Å². The van der Waals surface area contributed by atoms with Gasteiger partial charge in [-0.05, 0) is 91.7 Å². The van der Waals surface area contributed by atoms with E-state index in [0.29, 0.717) is 5.56 Å². The van der Waals surface area contributed by atoms with E-state index in [1.165, 1.54) is 0 Å². The van der Waals surface area contributed by atoms with Crippen LogP contribution in [0.1, 0.15) is 23.2 Å². The molecule has 172 valence electrons. The zero-order valence-corrected chi connectivity index (χ0v) is 18.8. The normalized spacial score (nSPS) is 14.1. The number of aromatic nitrogens is 2. The van der Waals surface area contributed by atoms with Crippen LogP contribution in [0.15, 0.2) is 91.3 Å². The van der Waals surface area contributed by atoms with Crippen LogP contribution in [0.25, 0.3) is 5.69 Å². The van der Waals surface area contributed by atoms with E-state index in [0.717, 1.165) is 54.4 Å². The second kappa shape index (κ2) is 9.80.